The summed E-state index contributed by atoms with van der Waals surface area (Å²) in [5.41, 5.74) is -1.10. The van der Waals surface area contributed by atoms with Gasteiger partial charge in [0.1, 0.15) is 5.54 Å². The van der Waals surface area contributed by atoms with Gasteiger partial charge >= 0.3 is 5.97 Å². The molecular weight excluding hydrogens is 313 g/mol. The Morgan fingerprint density at radius 1 is 1.05 bits per heavy atom. The summed E-state index contributed by atoms with van der Waals surface area (Å²) in [6.07, 6.45) is 4.38. The van der Waals surface area contributed by atoms with Crippen LogP contribution in [-0.4, -0.2) is 22.5 Å². The second kappa shape index (κ2) is 6.67. The van der Waals surface area contributed by atoms with Gasteiger partial charge < -0.3 is 10.4 Å². The Bertz CT molecular complexity index is 532. The van der Waals surface area contributed by atoms with E-state index in [1.165, 1.54) is 0 Å². The van der Waals surface area contributed by atoms with Gasteiger partial charge in [-0.05, 0) is 25.0 Å². The Morgan fingerprint density at radius 3 is 2.05 bits per heavy atom. The third-order valence-electron chi connectivity index (χ3n) is 3.91. The molecule has 21 heavy (non-hydrogen) atoms. The number of hydrogen-bond donors (Lipinski definition) is 2. The lowest BCUT2D eigenvalue weighted by Gasteiger charge is -2.29. The molecule has 1 aliphatic carbocycles. The van der Waals surface area contributed by atoms with Crippen molar-refractivity contribution in [2.24, 2.45) is 0 Å². The second-order valence-corrected chi connectivity index (χ2v) is 6.17. The minimum Gasteiger partial charge on any atom is -0.480 e. The highest BCUT2D eigenvalue weighted by Crippen LogP contribution is 2.30. The molecule has 0 aliphatic heterocycles. The van der Waals surface area contributed by atoms with Crippen molar-refractivity contribution >= 4 is 35.1 Å². The number of halogens is 2. The third kappa shape index (κ3) is 3.50. The molecule has 114 valence electrons. The van der Waals surface area contributed by atoms with Crippen LogP contribution in [-0.2, 0) is 4.79 Å². The summed E-state index contributed by atoms with van der Waals surface area (Å²) in [4.78, 5) is 24.1. The minimum absolute atomic E-state index is 0.130. The Morgan fingerprint density at radius 2 is 1.57 bits per heavy atom. The SMILES string of the molecule is O=C(NC1(C(=O)O)CCCCCC1)c1c(Cl)cccc1Cl. The van der Waals surface area contributed by atoms with E-state index in [0.717, 1.165) is 25.7 Å². The molecule has 0 aromatic heterocycles. The van der Waals surface area contributed by atoms with Crippen molar-refractivity contribution in [2.45, 2.75) is 44.1 Å². The van der Waals surface area contributed by atoms with E-state index in [0.29, 0.717) is 12.8 Å². The zero-order valence-corrected chi connectivity index (χ0v) is 13.0. The molecule has 2 N–H and O–H groups in total. The Kier molecular flexibility index (Phi) is 5.12. The lowest BCUT2D eigenvalue weighted by Crippen LogP contribution is -2.54. The second-order valence-electron chi connectivity index (χ2n) is 5.35. The highest BCUT2D eigenvalue weighted by molar-refractivity contribution is 6.39. The fourth-order valence-corrected chi connectivity index (χ4v) is 3.29. The number of carboxylic acids is 1. The molecule has 1 aromatic carbocycles. The summed E-state index contributed by atoms with van der Waals surface area (Å²) in [5, 5.41) is 12.7. The first kappa shape index (κ1) is 16.1. The van der Waals surface area contributed by atoms with Crippen LogP contribution >= 0.6 is 23.2 Å². The Balaban J connectivity index is 2.28. The molecular formula is C15H17Cl2NO3. The van der Waals surface area contributed by atoms with Crippen LogP contribution in [0.4, 0.5) is 0 Å². The van der Waals surface area contributed by atoms with Gasteiger partial charge in [-0.25, -0.2) is 4.79 Å². The van der Waals surface area contributed by atoms with E-state index in [4.69, 9.17) is 23.2 Å². The highest BCUT2D eigenvalue weighted by atomic mass is 35.5. The summed E-state index contributed by atoms with van der Waals surface area (Å²) in [5.74, 6) is -1.53. The number of nitrogens with one attached hydrogen (secondary N) is 1. The molecule has 4 nitrogen and oxygen atoms in total. The van der Waals surface area contributed by atoms with Crippen LogP contribution in [0.5, 0.6) is 0 Å². The predicted molar refractivity (Wildman–Crippen MR) is 82.0 cm³/mol. The smallest absolute Gasteiger partial charge is 0.329 e. The summed E-state index contributed by atoms with van der Waals surface area (Å²) >= 11 is 12.0. The molecule has 0 radical (unpaired) electrons. The third-order valence-corrected chi connectivity index (χ3v) is 4.54. The largest absolute Gasteiger partial charge is 0.480 e. The van der Waals surface area contributed by atoms with E-state index in [1.54, 1.807) is 18.2 Å². The molecule has 0 heterocycles. The summed E-state index contributed by atoms with van der Waals surface area (Å²) in [6, 6.07) is 4.76. The maximum absolute atomic E-state index is 12.4. The quantitative estimate of drug-likeness (QED) is 0.826. The van der Waals surface area contributed by atoms with Gasteiger partial charge in [-0.2, -0.15) is 0 Å². The van der Waals surface area contributed by atoms with Crippen LogP contribution in [0.3, 0.4) is 0 Å². The van der Waals surface area contributed by atoms with Crippen LogP contribution in [0.25, 0.3) is 0 Å². The van der Waals surface area contributed by atoms with Crippen LogP contribution in [0.1, 0.15) is 48.9 Å². The van der Waals surface area contributed by atoms with Crippen molar-refractivity contribution < 1.29 is 14.7 Å². The maximum atomic E-state index is 12.4. The Hall–Kier alpha value is -1.26. The molecule has 1 fully saturated rings. The minimum atomic E-state index is -1.23. The fourth-order valence-electron chi connectivity index (χ4n) is 2.72. The van der Waals surface area contributed by atoms with E-state index in [2.05, 4.69) is 5.32 Å². The van der Waals surface area contributed by atoms with Crippen molar-refractivity contribution in [3.05, 3.63) is 33.8 Å². The van der Waals surface area contributed by atoms with Crippen LogP contribution < -0.4 is 5.32 Å². The standard InChI is InChI=1S/C15H17Cl2NO3/c16-10-6-5-7-11(17)12(10)13(19)18-15(14(20)21)8-3-1-2-4-9-15/h5-7H,1-4,8-9H2,(H,18,19)(H,20,21). The van der Waals surface area contributed by atoms with Gasteiger partial charge in [0.15, 0.2) is 0 Å². The fraction of sp³-hybridized carbons (Fsp3) is 0.467. The topological polar surface area (TPSA) is 66.4 Å². The normalized spacial score (nSPS) is 17.8. The van der Waals surface area contributed by atoms with E-state index >= 15 is 0 Å². The first-order valence-electron chi connectivity index (χ1n) is 6.96. The molecule has 0 bridgehead atoms. The molecule has 0 saturated heterocycles. The average molecular weight is 330 g/mol. The van der Waals surface area contributed by atoms with Gasteiger partial charge in [-0.3, -0.25) is 4.79 Å². The molecule has 1 aliphatic rings. The number of rotatable bonds is 3. The first-order chi connectivity index (χ1) is 9.96. The number of hydrogen-bond acceptors (Lipinski definition) is 2. The summed E-state index contributed by atoms with van der Waals surface area (Å²) in [6.45, 7) is 0. The summed E-state index contributed by atoms with van der Waals surface area (Å²) < 4.78 is 0. The monoisotopic (exact) mass is 329 g/mol. The van der Waals surface area contributed by atoms with Crippen LogP contribution in [0, 0.1) is 0 Å². The van der Waals surface area contributed by atoms with Gasteiger partial charge in [0.05, 0.1) is 15.6 Å². The van der Waals surface area contributed by atoms with E-state index in [9.17, 15) is 14.7 Å². The summed E-state index contributed by atoms with van der Waals surface area (Å²) in [7, 11) is 0. The van der Waals surface area contributed by atoms with Crippen molar-refractivity contribution in [1.29, 1.82) is 0 Å². The zero-order chi connectivity index (χ0) is 15.5. The zero-order valence-electron chi connectivity index (χ0n) is 11.5. The van der Waals surface area contributed by atoms with Gasteiger partial charge in [0, 0.05) is 0 Å². The average Bonchev–Trinajstić information content (AvgIpc) is 2.65. The Labute approximate surface area is 133 Å². The number of carbonyl (C=O) groups is 2. The van der Waals surface area contributed by atoms with E-state index < -0.39 is 17.4 Å². The van der Waals surface area contributed by atoms with Crippen molar-refractivity contribution in [3.63, 3.8) is 0 Å². The highest BCUT2D eigenvalue weighted by Gasteiger charge is 2.40. The van der Waals surface area contributed by atoms with Gasteiger partial charge in [0.2, 0.25) is 0 Å². The van der Waals surface area contributed by atoms with Crippen molar-refractivity contribution in [2.75, 3.05) is 0 Å². The molecule has 0 atom stereocenters. The number of benzene rings is 1. The molecule has 0 spiro atoms. The van der Waals surface area contributed by atoms with Crippen molar-refractivity contribution in [1.82, 2.24) is 5.32 Å². The lowest BCUT2D eigenvalue weighted by molar-refractivity contribution is -0.145. The number of carboxylic acid groups (broad SMARTS) is 1. The van der Waals surface area contributed by atoms with Gasteiger partial charge in [-0.15, -0.1) is 0 Å². The van der Waals surface area contributed by atoms with E-state index in [-0.39, 0.29) is 15.6 Å². The van der Waals surface area contributed by atoms with Gasteiger partial charge in [-0.1, -0.05) is 55.0 Å². The molecule has 1 aromatic rings. The molecule has 6 heteroatoms. The molecule has 0 unspecified atom stereocenters. The van der Waals surface area contributed by atoms with Crippen LogP contribution in [0.2, 0.25) is 10.0 Å². The number of aliphatic carboxylic acids is 1. The van der Waals surface area contributed by atoms with E-state index in [1.807, 2.05) is 0 Å². The lowest BCUT2D eigenvalue weighted by atomic mass is 9.90. The molecule has 2 rings (SSSR count). The molecule has 1 saturated carbocycles. The molecule has 1 amide bonds. The predicted octanol–water partition coefficient (Wildman–Crippen LogP) is 3.90. The first-order valence-corrected chi connectivity index (χ1v) is 7.72. The number of amides is 1. The number of carbonyl (C=O) groups excluding carboxylic acids is 1. The van der Waals surface area contributed by atoms with Crippen LogP contribution in [0.15, 0.2) is 18.2 Å². The van der Waals surface area contributed by atoms with Gasteiger partial charge in [0.25, 0.3) is 5.91 Å². The maximum Gasteiger partial charge on any atom is 0.329 e. The van der Waals surface area contributed by atoms with Crippen molar-refractivity contribution in [3.8, 4) is 0 Å².